The SMILES string of the molecule is CCCC(OC)c1ncc(C)c(C(=O)O)n1. The largest absolute Gasteiger partial charge is 0.477 e. The Balaban J connectivity index is 3.05. The first-order valence-corrected chi connectivity index (χ1v) is 5.19. The molecule has 1 atom stereocenters. The van der Waals surface area contributed by atoms with Gasteiger partial charge in [0.25, 0.3) is 0 Å². The van der Waals surface area contributed by atoms with Crippen molar-refractivity contribution in [2.45, 2.75) is 32.8 Å². The Hall–Kier alpha value is -1.49. The van der Waals surface area contributed by atoms with Gasteiger partial charge >= 0.3 is 5.97 Å². The molecule has 5 nitrogen and oxygen atoms in total. The number of methoxy groups -OCH3 is 1. The van der Waals surface area contributed by atoms with Gasteiger partial charge in [0.05, 0.1) is 0 Å². The number of hydrogen-bond donors (Lipinski definition) is 1. The number of hydrogen-bond acceptors (Lipinski definition) is 4. The van der Waals surface area contributed by atoms with E-state index in [1.165, 1.54) is 6.20 Å². The van der Waals surface area contributed by atoms with Crippen molar-refractivity contribution in [3.63, 3.8) is 0 Å². The summed E-state index contributed by atoms with van der Waals surface area (Å²) in [5, 5.41) is 8.94. The summed E-state index contributed by atoms with van der Waals surface area (Å²) in [5.41, 5.74) is 0.603. The number of carboxylic acid groups (broad SMARTS) is 1. The number of aryl methyl sites for hydroxylation is 1. The molecule has 1 aromatic heterocycles. The number of ether oxygens (including phenoxy) is 1. The van der Waals surface area contributed by atoms with Gasteiger partial charge in [-0.15, -0.1) is 0 Å². The quantitative estimate of drug-likeness (QED) is 0.827. The van der Waals surface area contributed by atoms with Crippen LogP contribution in [0.3, 0.4) is 0 Å². The number of nitrogens with zero attached hydrogens (tertiary/aromatic N) is 2. The first kappa shape index (κ1) is 12.6. The Morgan fingerprint density at radius 1 is 1.62 bits per heavy atom. The van der Waals surface area contributed by atoms with E-state index in [1.807, 2.05) is 6.92 Å². The molecule has 1 aromatic rings. The van der Waals surface area contributed by atoms with Crippen LogP contribution >= 0.6 is 0 Å². The van der Waals surface area contributed by atoms with Crippen LogP contribution in [-0.4, -0.2) is 28.2 Å². The second kappa shape index (κ2) is 5.55. The van der Waals surface area contributed by atoms with Gasteiger partial charge in [-0.1, -0.05) is 13.3 Å². The van der Waals surface area contributed by atoms with E-state index in [9.17, 15) is 4.79 Å². The summed E-state index contributed by atoms with van der Waals surface area (Å²) in [4.78, 5) is 19.0. The second-order valence-corrected chi connectivity index (χ2v) is 3.58. The zero-order valence-electron chi connectivity index (χ0n) is 9.73. The fraction of sp³-hybridized carbons (Fsp3) is 0.545. The van der Waals surface area contributed by atoms with Crippen LogP contribution in [0.1, 0.15) is 47.7 Å². The molecule has 0 aliphatic rings. The summed E-state index contributed by atoms with van der Waals surface area (Å²) in [7, 11) is 1.57. The van der Waals surface area contributed by atoms with E-state index in [1.54, 1.807) is 14.0 Å². The number of rotatable bonds is 5. The summed E-state index contributed by atoms with van der Waals surface area (Å²) in [6, 6.07) is 0. The molecule has 5 heteroatoms. The molecule has 0 bridgehead atoms. The van der Waals surface area contributed by atoms with E-state index in [0.717, 1.165) is 12.8 Å². The van der Waals surface area contributed by atoms with Crippen LogP contribution in [0.15, 0.2) is 6.20 Å². The lowest BCUT2D eigenvalue weighted by molar-refractivity contribution is 0.0681. The van der Waals surface area contributed by atoms with E-state index in [0.29, 0.717) is 11.4 Å². The van der Waals surface area contributed by atoms with Crippen LogP contribution in [0.4, 0.5) is 0 Å². The summed E-state index contributed by atoms with van der Waals surface area (Å²) in [6.45, 7) is 3.70. The highest BCUT2D eigenvalue weighted by atomic mass is 16.5. The van der Waals surface area contributed by atoms with Crippen LogP contribution in [0, 0.1) is 6.92 Å². The molecule has 0 aromatic carbocycles. The Labute approximate surface area is 94.5 Å². The van der Waals surface area contributed by atoms with Gasteiger partial charge in [0.15, 0.2) is 11.5 Å². The molecule has 16 heavy (non-hydrogen) atoms. The van der Waals surface area contributed by atoms with Crippen LogP contribution in [0.25, 0.3) is 0 Å². The van der Waals surface area contributed by atoms with Crippen molar-refractivity contribution in [2.24, 2.45) is 0 Å². The Morgan fingerprint density at radius 2 is 2.31 bits per heavy atom. The highest BCUT2D eigenvalue weighted by molar-refractivity contribution is 5.86. The van der Waals surface area contributed by atoms with Crippen LogP contribution < -0.4 is 0 Å². The standard InChI is InChI=1S/C11H16N2O3/c1-4-5-8(16-3)10-12-6-7(2)9(13-10)11(14)15/h6,8H,4-5H2,1-3H3,(H,14,15). The minimum absolute atomic E-state index is 0.0446. The summed E-state index contributed by atoms with van der Waals surface area (Å²) >= 11 is 0. The van der Waals surface area contributed by atoms with Gasteiger partial charge in [0.2, 0.25) is 0 Å². The zero-order valence-corrected chi connectivity index (χ0v) is 9.73. The highest BCUT2D eigenvalue weighted by Crippen LogP contribution is 2.19. The molecular formula is C11H16N2O3. The predicted molar refractivity (Wildman–Crippen MR) is 58.4 cm³/mol. The van der Waals surface area contributed by atoms with Crippen molar-refractivity contribution < 1.29 is 14.6 Å². The third kappa shape index (κ3) is 2.76. The lowest BCUT2D eigenvalue weighted by atomic mass is 10.2. The van der Waals surface area contributed by atoms with Gasteiger partial charge in [-0.05, 0) is 13.3 Å². The van der Waals surface area contributed by atoms with Crippen molar-refractivity contribution in [1.29, 1.82) is 0 Å². The third-order valence-corrected chi connectivity index (χ3v) is 2.32. The van der Waals surface area contributed by atoms with Gasteiger partial charge in [-0.2, -0.15) is 0 Å². The Bertz CT molecular complexity index is 379. The number of aromatic nitrogens is 2. The fourth-order valence-corrected chi connectivity index (χ4v) is 1.44. The lowest BCUT2D eigenvalue weighted by Gasteiger charge is -2.13. The molecule has 0 spiro atoms. The molecule has 0 aliphatic carbocycles. The summed E-state index contributed by atoms with van der Waals surface area (Å²) in [6.07, 6.45) is 2.99. The highest BCUT2D eigenvalue weighted by Gasteiger charge is 2.17. The predicted octanol–water partition coefficient (Wildman–Crippen LogP) is 1.97. The molecule has 0 amide bonds. The van der Waals surface area contributed by atoms with E-state index in [2.05, 4.69) is 9.97 Å². The number of carboxylic acids is 1. The number of aromatic carboxylic acids is 1. The maximum Gasteiger partial charge on any atom is 0.354 e. The van der Waals surface area contributed by atoms with Gasteiger partial charge in [0.1, 0.15) is 6.10 Å². The minimum atomic E-state index is -1.03. The Kier molecular flexibility index (Phi) is 4.37. The minimum Gasteiger partial charge on any atom is -0.477 e. The maximum absolute atomic E-state index is 10.9. The van der Waals surface area contributed by atoms with Crippen molar-refractivity contribution in [2.75, 3.05) is 7.11 Å². The van der Waals surface area contributed by atoms with E-state index < -0.39 is 5.97 Å². The molecule has 1 heterocycles. The first-order valence-electron chi connectivity index (χ1n) is 5.19. The normalized spacial score (nSPS) is 12.4. The molecule has 0 fully saturated rings. The first-order chi connectivity index (χ1) is 7.60. The third-order valence-electron chi connectivity index (χ3n) is 2.32. The molecule has 1 rings (SSSR count). The van der Waals surface area contributed by atoms with E-state index in [-0.39, 0.29) is 11.8 Å². The molecule has 88 valence electrons. The maximum atomic E-state index is 10.9. The molecular weight excluding hydrogens is 208 g/mol. The van der Waals surface area contributed by atoms with Gasteiger partial charge < -0.3 is 9.84 Å². The summed E-state index contributed by atoms with van der Waals surface area (Å²) < 4.78 is 5.23. The molecule has 0 aliphatic heterocycles. The Morgan fingerprint density at radius 3 is 2.81 bits per heavy atom. The monoisotopic (exact) mass is 224 g/mol. The van der Waals surface area contributed by atoms with Crippen molar-refractivity contribution in [1.82, 2.24) is 9.97 Å². The van der Waals surface area contributed by atoms with Crippen LogP contribution in [0.5, 0.6) is 0 Å². The summed E-state index contributed by atoms with van der Waals surface area (Å²) in [5.74, 6) is -0.597. The topological polar surface area (TPSA) is 72.3 Å². The molecule has 0 radical (unpaired) electrons. The molecule has 0 saturated carbocycles. The molecule has 0 saturated heterocycles. The smallest absolute Gasteiger partial charge is 0.354 e. The average molecular weight is 224 g/mol. The van der Waals surface area contributed by atoms with Gasteiger partial charge in [0, 0.05) is 18.9 Å². The molecule has 1 N–H and O–H groups in total. The average Bonchev–Trinajstić information content (AvgIpc) is 2.26. The fourth-order valence-electron chi connectivity index (χ4n) is 1.44. The zero-order chi connectivity index (χ0) is 12.1. The van der Waals surface area contributed by atoms with Crippen molar-refractivity contribution in [3.05, 3.63) is 23.3 Å². The van der Waals surface area contributed by atoms with Crippen molar-refractivity contribution >= 4 is 5.97 Å². The second-order valence-electron chi connectivity index (χ2n) is 3.58. The van der Waals surface area contributed by atoms with E-state index in [4.69, 9.17) is 9.84 Å². The van der Waals surface area contributed by atoms with Gasteiger partial charge in [-0.3, -0.25) is 0 Å². The van der Waals surface area contributed by atoms with Crippen molar-refractivity contribution in [3.8, 4) is 0 Å². The van der Waals surface area contributed by atoms with Crippen LogP contribution in [0.2, 0.25) is 0 Å². The number of carbonyl (C=O) groups is 1. The van der Waals surface area contributed by atoms with Crippen LogP contribution in [-0.2, 0) is 4.74 Å². The van der Waals surface area contributed by atoms with Gasteiger partial charge in [-0.25, -0.2) is 14.8 Å². The molecule has 1 unspecified atom stereocenters. The van der Waals surface area contributed by atoms with E-state index >= 15 is 0 Å². The lowest BCUT2D eigenvalue weighted by Crippen LogP contribution is -2.12.